The summed E-state index contributed by atoms with van der Waals surface area (Å²) in [5, 5.41) is 13.4. The lowest BCUT2D eigenvalue weighted by Crippen LogP contribution is -2.41. The molecule has 0 bridgehead atoms. The van der Waals surface area contributed by atoms with E-state index in [4.69, 9.17) is 0 Å². The molecular formula is C23H25N3O2. The lowest BCUT2D eigenvalue weighted by molar-refractivity contribution is 0.180. The first-order chi connectivity index (χ1) is 13.7. The molecule has 2 heterocycles. The van der Waals surface area contributed by atoms with E-state index in [1.54, 1.807) is 18.3 Å². The molecule has 5 nitrogen and oxygen atoms in total. The van der Waals surface area contributed by atoms with Crippen LogP contribution in [-0.4, -0.2) is 34.1 Å². The van der Waals surface area contributed by atoms with Crippen molar-refractivity contribution in [3.63, 3.8) is 0 Å². The molecule has 0 radical (unpaired) electrons. The van der Waals surface area contributed by atoms with Crippen LogP contribution in [0.15, 0.2) is 60.8 Å². The number of pyridine rings is 1. The molecule has 4 rings (SSSR count). The molecule has 0 saturated carbocycles. The first kappa shape index (κ1) is 18.3. The number of aryl methyl sites for hydroxylation is 1. The normalized spacial score (nSPS) is 14.9. The quantitative estimate of drug-likeness (QED) is 0.687. The summed E-state index contributed by atoms with van der Waals surface area (Å²) in [5.74, 6) is 0.946. The highest BCUT2D eigenvalue weighted by atomic mass is 16.3. The van der Waals surface area contributed by atoms with Gasteiger partial charge in [-0.25, -0.2) is 4.79 Å². The number of nitrogens with zero attached hydrogens (tertiary/aromatic N) is 2. The van der Waals surface area contributed by atoms with Crippen LogP contribution < -0.4 is 5.32 Å². The number of fused-ring (bicyclic) bond motifs is 1. The summed E-state index contributed by atoms with van der Waals surface area (Å²) in [6.45, 7) is 1.56. The van der Waals surface area contributed by atoms with Gasteiger partial charge in [0.15, 0.2) is 0 Å². The van der Waals surface area contributed by atoms with Gasteiger partial charge >= 0.3 is 6.03 Å². The molecular weight excluding hydrogens is 350 g/mol. The van der Waals surface area contributed by atoms with Crippen LogP contribution in [0.5, 0.6) is 5.75 Å². The Morgan fingerprint density at radius 1 is 1.07 bits per heavy atom. The molecule has 1 aliphatic heterocycles. The molecule has 2 amide bonds. The van der Waals surface area contributed by atoms with E-state index in [-0.39, 0.29) is 6.03 Å². The molecule has 2 N–H and O–H groups in total. The minimum absolute atomic E-state index is 0.0462. The number of hydrogen-bond donors (Lipinski definition) is 2. The van der Waals surface area contributed by atoms with E-state index in [0.717, 1.165) is 55.4 Å². The molecule has 1 aromatic heterocycles. The summed E-state index contributed by atoms with van der Waals surface area (Å²) in [6, 6.07) is 17.1. The molecule has 0 spiro atoms. The van der Waals surface area contributed by atoms with Gasteiger partial charge in [0, 0.05) is 24.7 Å². The predicted molar refractivity (Wildman–Crippen MR) is 111 cm³/mol. The number of anilines is 1. The molecule has 1 saturated heterocycles. The fourth-order valence-electron chi connectivity index (χ4n) is 3.86. The number of benzene rings is 2. The number of phenolic OH excluding ortho intramolecular Hbond substituents is 1. The maximum atomic E-state index is 12.7. The topological polar surface area (TPSA) is 65.5 Å². The van der Waals surface area contributed by atoms with E-state index in [1.165, 1.54) is 5.56 Å². The van der Waals surface area contributed by atoms with Crippen LogP contribution in [0.25, 0.3) is 10.9 Å². The van der Waals surface area contributed by atoms with Gasteiger partial charge in [-0.05, 0) is 61.4 Å². The predicted octanol–water partition coefficient (Wildman–Crippen LogP) is 4.82. The van der Waals surface area contributed by atoms with Crippen LogP contribution in [0.2, 0.25) is 0 Å². The first-order valence-corrected chi connectivity index (χ1v) is 9.86. The van der Waals surface area contributed by atoms with Gasteiger partial charge in [0.25, 0.3) is 0 Å². The number of aromatic hydroxyl groups is 1. The van der Waals surface area contributed by atoms with Crippen molar-refractivity contribution in [1.82, 2.24) is 9.88 Å². The molecule has 0 aliphatic carbocycles. The average molecular weight is 375 g/mol. The number of aromatic nitrogens is 1. The van der Waals surface area contributed by atoms with Gasteiger partial charge in [0.1, 0.15) is 5.75 Å². The number of carbonyl (C=O) groups is 1. The van der Waals surface area contributed by atoms with E-state index in [1.807, 2.05) is 47.4 Å². The summed E-state index contributed by atoms with van der Waals surface area (Å²) in [4.78, 5) is 19.0. The number of hydrogen-bond acceptors (Lipinski definition) is 3. The Hall–Kier alpha value is -3.08. The smallest absolute Gasteiger partial charge is 0.321 e. The molecule has 0 unspecified atom stereocenters. The first-order valence-electron chi connectivity index (χ1n) is 9.86. The van der Waals surface area contributed by atoms with Crippen molar-refractivity contribution in [3.05, 3.63) is 66.4 Å². The van der Waals surface area contributed by atoms with E-state index in [2.05, 4.69) is 10.3 Å². The maximum Gasteiger partial charge on any atom is 0.321 e. The number of likely N-dealkylation sites (tertiary alicyclic amines) is 1. The highest BCUT2D eigenvalue weighted by molar-refractivity contribution is 5.99. The number of rotatable bonds is 4. The number of nitrogens with one attached hydrogen (secondary N) is 1. The number of carbonyl (C=O) groups excluding carboxylic acids is 1. The van der Waals surface area contributed by atoms with Gasteiger partial charge in [-0.3, -0.25) is 4.98 Å². The highest BCUT2D eigenvalue weighted by Crippen LogP contribution is 2.25. The molecule has 144 valence electrons. The molecule has 2 aromatic carbocycles. The van der Waals surface area contributed by atoms with Crippen LogP contribution in [0.1, 0.15) is 24.8 Å². The van der Waals surface area contributed by atoms with Crippen molar-refractivity contribution in [2.75, 3.05) is 18.4 Å². The zero-order valence-electron chi connectivity index (χ0n) is 15.8. The van der Waals surface area contributed by atoms with Gasteiger partial charge in [-0.15, -0.1) is 0 Å². The SMILES string of the molecule is O=C(Nc1cccc2cccnc12)N1CCC(CCc2ccc(O)cc2)CC1. The third-order valence-electron chi connectivity index (χ3n) is 5.55. The monoisotopic (exact) mass is 375 g/mol. The minimum Gasteiger partial charge on any atom is -0.508 e. The van der Waals surface area contributed by atoms with E-state index in [0.29, 0.717) is 11.7 Å². The van der Waals surface area contributed by atoms with Crippen LogP contribution in [0.4, 0.5) is 10.5 Å². The van der Waals surface area contributed by atoms with Crippen LogP contribution in [0, 0.1) is 5.92 Å². The Morgan fingerprint density at radius 2 is 1.82 bits per heavy atom. The molecule has 28 heavy (non-hydrogen) atoms. The number of phenols is 1. The molecule has 1 fully saturated rings. The standard InChI is InChI=1S/C23H25N3O2/c27-20-10-8-17(9-11-20)6-7-18-12-15-26(16-13-18)23(28)25-21-5-1-3-19-4-2-14-24-22(19)21/h1-5,8-11,14,18,27H,6-7,12-13,15-16H2,(H,25,28). The summed E-state index contributed by atoms with van der Waals surface area (Å²) < 4.78 is 0. The van der Waals surface area contributed by atoms with Gasteiger partial charge in [0.2, 0.25) is 0 Å². The summed E-state index contributed by atoms with van der Waals surface area (Å²) in [5.41, 5.74) is 2.83. The number of piperidine rings is 1. The van der Waals surface area contributed by atoms with Crippen LogP contribution in [-0.2, 0) is 6.42 Å². The Morgan fingerprint density at radius 3 is 2.61 bits per heavy atom. The molecule has 3 aromatic rings. The second kappa shape index (κ2) is 8.30. The van der Waals surface area contributed by atoms with Gasteiger partial charge < -0.3 is 15.3 Å². The maximum absolute atomic E-state index is 12.7. The summed E-state index contributed by atoms with van der Waals surface area (Å²) >= 11 is 0. The summed E-state index contributed by atoms with van der Waals surface area (Å²) in [7, 11) is 0. The molecule has 0 atom stereocenters. The zero-order valence-corrected chi connectivity index (χ0v) is 15.8. The highest BCUT2D eigenvalue weighted by Gasteiger charge is 2.23. The third kappa shape index (κ3) is 4.25. The van der Waals surface area contributed by atoms with Crippen molar-refractivity contribution in [2.24, 2.45) is 5.92 Å². The fraction of sp³-hybridized carbons (Fsp3) is 0.304. The van der Waals surface area contributed by atoms with Crippen molar-refractivity contribution >= 4 is 22.6 Å². The second-order valence-corrected chi connectivity index (χ2v) is 7.45. The second-order valence-electron chi connectivity index (χ2n) is 7.45. The van der Waals surface area contributed by atoms with Crippen molar-refractivity contribution in [1.29, 1.82) is 0 Å². The van der Waals surface area contributed by atoms with E-state index >= 15 is 0 Å². The Labute approximate surface area is 165 Å². The zero-order chi connectivity index (χ0) is 19.3. The van der Waals surface area contributed by atoms with Crippen LogP contribution >= 0.6 is 0 Å². The Bertz CT molecular complexity index is 942. The van der Waals surface area contributed by atoms with Gasteiger partial charge in [0.05, 0.1) is 11.2 Å². The van der Waals surface area contributed by atoms with E-state index < -0.39 is 0 Å². The third-order valence-corrected chi connectivity index (χ3v) is 5.55. The summed E-state index contributed by atoms with van der Waals surface area (Å²) in [6.07, 6.45) is 5.93. The average Bonchev–Trinajstić information content (AvgIpc) is 2.74. The van der Waals surface area contributed by atoms with Gasteiger partial charge in [-0.1, -0.05) is 30.3 Å². The number of amides is 2. The van der Waals surface area contributed by atoms with Gasteiger partial charge in [-0.2, -0.15) is 0 Å². The number of urea groups is 1. The lowest BCUT2D eigenvalue weighted by atomic mass is 9.90. The van der Waals surface area contributed by atoms with Crippen molar-refractivity contribution < 1.29 is 9.90 Å². The van der Waals surface area contributed by atoms with Crippen molar-refractivity contribution in [2.45, 2.75) is 25.7 Å². The Balaban J connectivity index is 1.29. The number of para-hydroxylation sites is 1. The van der Waals surface area contributed by atoms with Crippen LogP contribution in [0.3, 0.4) is 0 Å². The van der Waals surface area contributed by atoms with E-state index in [9.17, 15) is 9.90 Å². The molecule has 5 heteroatoms. The largest absolute Gasteiger partial charge is 0.508 e. The lowest BCUT2D eigenvalue weighted by Gasteiger charge is -2.32. The Kier molecular flexibility index (Phi) is 5.42. The molecule has 1 aliphatic rings. The van der Waals surface area contributed by atoms with Crippen molar-refractivity contribution in [3.8, 4) is 5.75 Å². The fourth-order valence-corrected chi connectivity index (χ4v) is 3.86. The minimum atomic E-state index is -0.0462.